The summed E-state index contributed by atoms with van der Waals surface area (Å²) in [5, 5.41) is -0.146. The molecule has 140 valence electrons. The Balaban J connectivity index is 1.75. The molecule has 0 saturated carbocycles. The standard InChI is InChI=1S/C29H18Cl/c30-29-25-15-7-5-13-23(25)28(24-14-6-8-16-26(24)29)18-27-21-11-3-1-9-19(21)17-20-10-2-4-12-22(20)27/h1-17,29H/q+1. The highest BCUT2D eigenvalue weighted by Gasteiger charge is 2.30. The van der Waals surface area contributed by atoms with Crippen molar-refractivity contribution in [1.82, 2.24) is 0 Å². The molecule has 4 aromatic rings. The Kier molecular flexibility index (Phi) is 3.96. The van der Waals surface area contributed by atoms with E-state index in [2.05, 4.69) is 109 Å². The van der Waals surface area contributed by atoms with E-state index in [-0.39, 0.29) is 5.38 Å². The predicted molar refractivity (Wildman–Crippen MR) is 124 cm³/mol. The molecule has 0 atom stereocenters. The van der Waals surface area contributed by atoms with Crippen molar-refractivity contribution >= 4 is 22.7 Å². The van der Waals surface area contributed by atoms with Crippen molar-refractivity contribution in [2.75, 3.05) is 0 Å². The average molecular weight is 402 g/mol. The van der Waals surface area contributed by atoms with E-state index in [4.69, 9.17) is 11.6 Å². The minimum atomic E-state index is -0.146. The molecular formula is C29H18Cl+. The first-order chi connectivity index (χ1) is 14.8. The minimum absolute atomic E-state index is 0.146. The summed E-state index contributed by atoms with van der Waals surface area (Å²) in [5.74, 6) is 0. The largest absolute Gasteiger partial charge is 0.113 e. The highest BCUT2D eigenvalue weighted by atomic mass is 35.5. The van der Waals surface area contributed by atoms with Crippen LogP contribution in [0.3, 0.4) is 0 Å². The number of fused-ring (bicyclic) bond motifs is 4. The van der Waals surface area contributed by atoms with Crippen LogP contribution in [0, 0.1) is 6.42 Å². The van der Waals surface area contributed by atoms with Crippen LogP contribution in [-0.2, 0) is 0 Å². The molecule has 2 aliphatic rings. The van der Waals surface area contributed by atoms with Crippen molar-refractivity contribution in [3.05, 3.63) is 154 Å². The summed E-state index contributed by atoms with van der Waals surface area (Å²) in [6.45, 7) is 0. The first-order valence-electron chi connectivity index (χ1n) is 10.2. The highest BCUT2D eigenvalue weighted by molar-refractivity contribution is 6.24. The Morgan fingerprint density at radius 1 is 0.533 bits per heavy atom. The van der Waals surface area contributed by atoms with Crippen molar-refractivity contribution in [2.45, 2.75) is 5.38 Å². The summed E-state index contributed by atoms with van der Waals surface area (Å²) in [6.07, 6.45) is 2.26. The van der Waals surface area contributed by atoms with Crippen molar-refractivity contribution in [1.29, 1.82) is 0 Å². The molecule has 0 radical (unpaired) electrons. The monoisotopic (exact) mass is 401 g/mol. The molecule has 0 unspecified atom stereocenters. The van der Waals surface area contributed by atoms with Crippen LogP contribution in [0.15, 0.2) is 103 Å². The van der Waals surface area contributed by atoms with Crippen LogP contribution < -0.4 is 0 Å². The number of halogens is 1. The molecule has 0 bridgehead atoms. The van der Waals surface area contributed by atoms with Crippen LogP contribution in [0.25, 0.3) is 11.1 Å². The maximum Gasteiger partial charge on any atom is 0.100 e. The van der Waals surface area contributed by atoms with Crippen molar-refractivity contribution < 1.29 is 0 Å². The summed E-state index contributed by atoms with van der Waals surface area (Å²) in [5.41, 5.74) is 15.6. The van der Waals surface area contributed by atoms with Crippen LogP contribution in [-0.4, -0.2) is 0 Å². The van der Waals surface area contributed by atoms with Gasteiger partial charge in [0.1, 0.15) is 5.57 Å². The molecule has 1 heteroatoms. The molecule has 0 nitrogen and oxygen atoms in total. The van der Waals surface area contributed by atoms with Gasteiger partial charge in [-0.05, 0) is 58.7 Å². The van der Waals surface area contributed by atoms with Gasteiger partial charge < -0.3 is 0 Å². The Bertz CT molecular complexity index is 1270. The first kappa shape index (κ1) is 17.4. The maximum atomic E-state index is 6.90. The lowest BCUT2D eigenvalue weighted by molar-refractivity contribution is 1.09. The van der Waals surface area contributed by atoms with Crippen LogP contribution in [0.1, 0.15) is 49.9 Å². The molecule has 0 N–H and O–H groups in total. The Labute approximate surface area is 181 Å². The lowest BCUT2D eigenvalue weighted by Gasteiger charge is -2.25. The van der Waals surface area contributed by atoms with Gasteiger partial charge in [0.2, 0.25) is 0 Å². The van der Waals surface area contributed by atoms with Gasteiger partial charge in [-0.3, -0.25) is 0 Å². The zero-order chi connectivity index (χ0) is 20.1. The van der Waals surface area contributed by atoms with Crippen LogP contribution in [0.2, 0.25) is 0 Å². The van der Waals surface area contributed by atoms with Gasteiger partial charge in [0.05, 0.1) is 27.6 Å². The van der Waals surface area contributed by atoms with Gasteiger partial charge in [0.25, 0.3) is 0 Å². The van der Waals surface area contributed by atoms with E-state index in [1.54, 1.807) is 0 Å². The van der Waals surface area contributed by atoms with E-state index in [0.29, 0.717) is 0 Å². The third kappa shape index (κ3) is 2.59. The Morgan fingerprint density at radius 3 is 1.47 bits per heavy atom. The second-order valence-electron chi connectivity index (χ2n) is 7.73. The van der Waals surface area contributed by atoms with Crippen LogP contribution in [0.4, 0.5) is 0 Å². The van der Waals surface area contributed by atoms with Gasteiger partial charge in [0.15, 0.2) is 0 Å². The first-order valence-corrected chi connectivity index (χ1v) is 10.6. The molecule has 2 aliphatic carbocycles. The van der Waals surface area contributed by atoms with Crippen LogP contribution >= 0.6 is 11.6 Å². The van der Waals surface area contributed by atoms with E-state index in [0.717, 1.165) is 33.4 Å². The number of alkyl halides is 1. The van der Waals surface area contributed by atoms with Gasteiger partial charge in [-0.2, -0.15) is 0 Å². The van der Waals surface area contributed by atoms with Gasteiger partial charge >= 0.3 is 0 Å². The molecule has 0 spiro atoms. The third-order valence-corrected chi connectivity index (χ3v) is 6.50. The molecule has 0 aromatic heterocycles. The van der Waals surface area contributed by atoms with Gasteiger partial charge in [-0.25, -0.2) is 0 Å². The van der Waals surface area contributed by atoms with Crippen molar-refractivity contribution in [3.63, 3.8) is 0 Å². The lowest BCUT2D eigenvalue weighted by Crippen LogP contribution is -2.09. The normalized spacial score (nSPS) is 15.8. The van der Waals surface area contributed by atoms with E-state index < -0.39 is 0 Å². The van der Waals surface area contributed by atoms with E-state index in [1.807, 2.05) is 0 Å². The second-order valence-corrected chi connectivity index (χ2v) is 8.17. The highest BCUT2D eigenvalue weighted by Crippen LogP contribution is 2.45. The van der Waals surface area contributed by atoms with Gasteiger partial charge in [-0.1, -0.05) is 54.3 Å². The summed E-state index contributed by atoms with van der Waals surface area (Å²) in [6, 6.07) is 34.0. The SMILES string of the molecule is ClC1c2ccccc2C(=C=C2c3ccccc3[CH+]c3ccccc32)c2ccccc21. The quantitative estimate of drug-likeness (QED) is 0.144. The van der Waals surface area contributed by atoms with Crippen LogP contribution in [0.5, 0.6) is 0 Å². The molecule has 6 rings (SSSR count). The fourth-order valence-electron chi connectivity index (χ4n) is 4.61. The second kappa shape index (κ2) is 6.82. The Morgan fingerprint density at radius 2 is 0.933 bits per heavy atom. The molecule has 0 aliphatic heterocycles. The molecule has 0 heterocycles. The number of rotatable bonds is 0. The molecule has 0 fully saturated rings. The molecule has 0 amide bonds. The van der Waals surface area contributed by atoms with Gasteiger partial charge in [-0.15, -0.1) is 11.6 Å². The average Bonchev–Trinajstić information content (AvgIpc) is 2.81. The van der Waals surface area contributed by atoms with E-state index >= 15 is 0 Å². The fraction of sp³-hybridized carbons (Fsp3) is 0.0345. The smallest absolute Gasteiger partial charge is 0.100 e. The number of benzene rings is 4. The van der Waals surface area contributed by atoms with E-state index in [1.165, 1.54) is 22.3 Å². The summed E-state index contributed by atoms with van der Waals surface area (Å²) >= 11 is 6.90. The molecular weight excluding hydrogens is 384 g/mol. The summed E-state index contributed by atoms with van der Waals surface area (Å²) in [4.78, 5) is 0. The summed E-state index contributed by atoms with van der Waals surface area (Å²) in [7, 11) is 0. The number of hydrogen-bond acceptors (Lipinski definition) is 0. The number of hydrogen-bond donors (Lipinski definition) is 0. The fourth-order valence-corrected chi connectivity index (χ4v) is 4.99. The van der Waals surface area contributed by atoms with Gasteiger partial charge in [0, 0.05) is 24.1 Å². The van der Waals surface area contributed by atoms with Crippen molar-refractivity contribution in [2.24, 2.45) is 0 Å². The molecule has 0 saturated heterocycles. The molecule has 4 aromatic carbocycles. The van der Waals surface area contributed by atoms with Crippen molar-refractivity contribution in [3.8, 4) is 0 Å². The zero-order valence-corrected chi connectivity index (χ0v) is 17.0. The zero-order valence-electron chi connectivity index (χ0n) is 16.3. The third-order valence-electron chi connectivity index (χ3n) is 6.03. The Hall–Kier alpha value is -3.44. The maximum absolute atomic E-state index is 6.90. The summed E-state index contributed by atoms with van der Waals surface area (Å²) < 4.78 is 0. The lowest BCUT2D eigenvalue weighted by atomic mass is 9.79. The predicted octanol–water partition coefficient (Wildman–Crippen LogP) is 7.40. The molecule has 30 heavy (non-hydrogen) atoms. The minimum Gasteiger partial charge on any atom is -0.113 e. The van der Waals surface area contributed by atoms with E-state index in [9.17, 15) is 0 Å². The topological polar surface area (TPSA) is 0 Å².